The largest absolute Gasteiger partial charge is 0.480 e. The Bertz CT molecular complexity index is 1240. The van der Waals surface area contributed by atoms with Crippen molar-refractivity contribution in [3.05, 3.63) is 0 Å². The molecule has 14 N–H and O–H groups in total. The van der Waals surface area contributed by atoms with E-state index < -0.39 is 108 Å². The van der Waals surface area contributed by atoms with Gasteiger partial charge in [0.15, 0.2) is 0 Å². The fourth-order valence-electron chi connectivity index (χ4n) is 4.66. The number of primary amides is 3. The monoisotopic (exact) mass is 713 g/mol. The molecule has 0 rings (SSSR count). The van der Waals surface area contributed by atoms with Crippen LogP contribution in [0.1, 0.15) is 86.5 Å². The number of nitrogens with two attached hydrogens (primary N) is 4. The van der Waals surface area contributed by atoms with Crippen LogP contribution in [0.2, 0.25) is 0 Å². The first kappa shape index (κ1) is 45.2. The minimum Gasteiger partial charge on any atom is -0.480 e. The maximum absolute atomic E-state index is 13.7. The summed E-state index contributed by atoms with van der Waals surface area (Å²) in [5.74, 6) is -9.21. The minimum atomic E-state index is -1.43. The fourth-order valence-corrected chi connectivity index (χ4v) is 4.66. The summed E-state index contributed by atoms with van der Waals surface area (Å²) in [6.45, 7) is 10.1. The van der Waals surface area contributed by atoms with Gasteiger partial charge in [-0.3, -0.25) is 38.4 Å². The van der Waals surface area contributed by atoms with Gasteiger partial charge in [0.2, 0.25) is 47.3 Å². The van der Waals surface area contributed by atoms with Crippen molar-refractivity contribution in [3.8, 4) is 0 Å². The standard InChI is InChI=1S/C31H55N9O10/c1-7-16(6)25(40-28(46)18(8-10-21(33)41)36-26(44)17(32)13-23(35)43)30(48)37-19(9-11-22(34)42)27(45)39-24(15(4)5)29(47)38-20(31(49)50)12-14(2)3/h14-20,24-25H,7-13,32H2,1-6H3,(H2,33,41)(H2,34,42)(H2,35,43)(H,36,44)(H,37,48)(H,38,47)(H,39,45)(H,40,46)(H,49,50)/t16-,17-,18-,19-,20-,24-,25-/m0/s1. The highest BCUT2D eigenvalue weighted by Gasteiger charge is 2.35. The van der Waals surface area contributed by atoms with Gasteiger partial charge >= 0.3 is 5.97 Å². The van der Waals surface area contributed by atoms with Gasteiger partial charge in [-0.2, -0.15) is 0 Å². The van der Waals surface area contributed by atoms with Crippen molar-refractivity contribution >= 4 is 53.2 Å². The molecule has 0 aromatic heterocycles. The molecule has 0 aliphatic rings. The summed E-state index contributed by atoms with van der Waals surface area (Å²) in [5, 5.41) is 21.9. The summed E-state index contributed by atoms with van der Waals surface area (Å²) in [4.78, 5) is 112. The van der Waals surface area contributed by atoms with Crippen LogP contribution in [0.25, 0.3) is 0 Å². The Morgan fingerprint density at radius 1 is 0.580 bits per heavy atom. The van der Waals surface area contributed by atoms with Crippen molar-refractivity contribution in [2.75, 3.05) is 0 Å². The molecule has 7 atom stereocenters. The van der Waals surface area contributed by atoms with E-state index in [-0.39, 0.29) is 38.0 Å². The highest BCUT2D eigenvalue weighted by atomic mass is 16.4. The van der Waals surface area contributed by atoms with Crippen molar-refractivity contribution in [2.45, 2.75) is 123 Å². The van der Waals surface area contributed by atoms with E-state index in [0.29, 0.717) is 6.42 Å². The molecule has 0 fully saturated rings. The lowest BCUT2D eigenvalue weighted by Crippen LogP contribution is -2.61. The lowest BCUT2D eigenvalue weighted by Gasteiger charge is -2.30. The van der Waals surface area contributed by atoms with Crippen molar-refractivity contribution < 1.29 is 48.3 Å². The maximum atomic E-state index is 13.7. The highest BCUT2D eigenvalue weighted by molar-refractivity contribution is 5.97. The van der Waals surface area contributed by atoms with Gasteiger partial charge in [0.05, 0.1) is 12.5 Å². The van der Waals surface area contributed by atoms with Crippen molar-refractivity contribution in [1.29, 1.82) is 0 Å². The molecule has 0 aliphatic heterocycles. The van der Waals surface area contributed by atoms with E-state index in [1.54, 1.807) is 41.5 Å². The summed E-state index contributed by atoms with van der Waals surface area (Å²) >= 11 is 0. The first-order valence-electron chi connectivity index (χ1n) is 16.5. The van der Waals surface area contributed by atoms with Crippen LogP contribution in [0.15, 0.2) is 0 Å². The highest BCUT2D eigenvalue weighted by Crippen LogP contribution is 2.12. The second-order valence-electron chi connectivity index (χ2n) is 13.0. The quantitative estimate of drug-likeness (QED) is 0.0480. The van der Waals surface area contributed by atoms with Crippen molar-refractivity contribution in [1.82, 2.24) is 26.6 Å². The van der Waals surface area contributed by atoms with Crippen LogP contribution >= 0.6 is 0 Å². The molecule has 0 saturated heterocycles. The van der Waals surface area contributed by atoms with Crippen LogP contribution in [0.4, 0.5) is 0 Å². The smallest absolute Gasteiger partial charge is 0.326 e. The molecular formula is C31H55N9O10. The molecule has 0 radical (unpaired) electrons. The fraction of sp³-hybridized carbons (Fsp3) is 0.710. The molecule has 0 aliphatic carbocycles. The number of rotatable bonds is 24. The molecule has 0 heterocycles. The number of nitrogens with one attached hydrogen (secondary N) is 5. The topological polar surface area (TPSA) is 338 Å². The van der Waals surface area contributed by atoms with E-state index in [1.807, 2.05) is 0 Å². The summed E-state index contributed by atoms with van der Waals surface area (Å²) in [6.07, 6.45) is -1.32. The van der Waals surface area contributed by atoms with E-state index >= 15 is 0 Å². The molecule has 50 heavy (non-hydrogen) atoms. The molecule has 0 aromatic carbocycles. The first-order valence-corrected chi connectivity index (χ1v) is 16.5. The Morgan fingerprint density at radius 3 is 1.38 bits per heavy atom. The summed E-state index contributed by atoms with van der Waals surface area (Å²) in [6, 6.07) is -8.03. The zero-order chi connectivity index (χ0) is 38.9. The van der Waals surface area contributed by atoms with Crippen molar-refractivity contribution in [3.63, 3.8) is 0 Å². The Balaban J connectivity index is 6.24. The molecule has 0 unspecified atom stereocenters. The lowest BCUT2D eigenvalue weighted by molar-refractivity contribution is -0.143. The third-order valence-electron chi connectivity index (χ3n) is 7.74. The van der Waals surface area contributed by atoms with Crippen LogP contribution in [-0.4, -0.2) is 94.6 Å². The van der Waals surface area contributed by atoms with Gasteiger partial charge < -0.3 is 54.6 Å². The van der Waals surface area contributed by atoms with Gasteiger partial charge in [0.1, 0.15) is 30.2 Å². The number of hydrogen-bond acceptors (Lipinski definition) is 10. The first-order chi connectivity index (χ1) is 23.1. The van der Waals surface area contributed by atoms with E-state index in [4.69, 9.17) is 22.9 Å². The second-order valence-corrected chi connectivity index (χ2v) is 13.0. The third-order valence-corrected chi connectivity index (χ3v) is 7.74. The number of hydrogen-bond donors (Lipinski definition) is 10. The average Bonchev–Trinajstić information content (AvgIpc) is 3.00. The second kappa shape index (κ2) is 22.0. The van der Waals surface area contributed by atoms with Crippen molar-refractivity contribution in [2.24, 2.45) is 40.7 Å². The predicted molar refractivity (Wildman–Crippen MR) is 180 cm³/mol. The van der Waals surface area contributed by atoms with Crippen LogP contribution in [0, 0.1) is 17.8 Å². The Morgan fingerprint density at radius 2 is 1.00 bits per heavy atom. The number of carbonyl (C=O) groups is 9. The molecule has 0 aromatic rings. The molecule has 0 bridgehead atoms. The molecule has 0 spiro atoms. The maximum Gasteiger partial charge on any atom is 0.326 e. The van der Waals surface area contributed by atoms with Gasteiger partial charge in [-0.25, -0.2) is 4.79 Å². The number of carboxylic acid groups (broad SMARTS) is 1. The Kier molecular flexibility index (Phi) is 19.9. The van der Waals surface area contributed by atoms with Crippen LogP contribution < -0.4 is 49.5 Å². The van der Waals surface area contributed by atoms with E-state index in [2.05, 4.69) is 26.6 Å². The Labute approximate surface area is 291 Å². The summed E-state index contributed by atoms with van der Waals surface area (Å²) in [7, 11) is 0. The summed E-state index contributed by atoms with van der Waals surface area (Å²) in [5.41, 5.74) is 21.3. The lowest BCUT2D eigenvalue weighted by atomic mass is 9.96. The summed E-state index contributed by atoms with van der Waals surface area (Å²) < 4.78 is 0. The van der Waals surface area contributed by atoms with E-state index in [9.17, 15) is 48.3 Å². The van der Waals surface area contributed by atoms with Gasteiger partial charge in [-0.1, -0.05) is 48.0 Å². The zero-order valence-corrected chi connectivity index (χ0v) is 29.6. The molecule has 8 amide bonds. The molecule has 19 nitrogen and oxygen atoms in total. The number of carboxylic acids is 1. The minimum absolute atomic E-state index is 0.0649. The SMILES string of the molecule is CC[C@H](C)[C@H](NC(=O)[C@H](CCC(N)=O)NC(=O)[C@@H](N)CC(N)=O)C(=O)N[C@@H](CCC(N)=O)C(=O)N[C@H](C(=O)N[C@@H](CC(C)C)C(=O)O)C(C)C. The van der Waals surface area contributed by atoms with Crippen LogP contribution in [0.3, 0.4) is 0 Å². The van der Waals surface area contributed by atoms with Gasteiger partial charge in [0, 0.05) is 12.8 Å². The Hall–Kier alpha value is -4.81. The average molecular weight is 714 g/mol. The van der Waals surface area contributed by atoms with Crippen LogP contribution in [0.5, 0.6) is 0 Å². The molecule has 0 saturated carbocycles. The third kappa shape index (κ3) is 17.0. The van der Waals surface area contributed by atoms with Crippen LogP contribution in [-0.2, 0) is 43.2 Å². The number of carbonyl (C=O) groups excluding carboxylic acids is 8. The van der Waals surface area contributed by atoms with E-state index in [1.165, 1.54) is 0 Å². The molecule has 284 valence electrons. The van der Waals surface area contributed by atoms with Gasteiger partial charge in [-0.15, -0.1) is 0 Å². The van der Waals surface area contributed by atoms with Gasteiger partial charge in [-0.05, 0) is 37.0 Å². The number of aliphatic carboxylic acids is 1. The zero-order valence-electron chi connectivity index (χ0n) is 29.6. The van der Waals surface area contributed by atoms with Gasteiger partial charge in [0.25, 0.3) is 0 Å². The normalized spacial score (nSPS) is 15.3. The number of amides is 8. The predicted octanol–water partition coefficient (Wildman–Crippen LogP) is -3.02. The molecular weight excluding hydrogens is 658 g/mol. The molecule has 19 heteroatoms. The van der Waals surface area contributed by atoms with E-state index in [0.717, 1.165) is 0 Å².